The molecule has 26 heavy (non-hydrogen) atoms. The number of thioether (sulfide) groups is 1. The fraction of sp³-hybridized carbons (Fsp3) is 0.0556. The van der Waals surface area contributed by atoms with Gasteiger partial charge in [0, 0.05) is 0 Å². The second-order valence-electron chi connectivity index (χ2n) is 5.20. The lowest BCUT2D eigenvalue weighted by molar-refractivity contribution is -0.115. The molecule has 2 aromatic rings. The van der Waals surface area contributed by atoms with Crippen LogP contribution in [0, 0.1) is 11.2 Å². The second kappa shape index (κ2) is 7.40. The van der Waals surface area contributed by atoms with Crippen molar-refractivity contribution < 1.29 is 23.5 Å². The zero-order valence-electron chi connectivity index (χ0n) is 13.5. The van der Waals surface area contributed by atoms with E-state index in [1.807, 2.05) is 0 Å². The summed E-state index contributed by atoms with van der Waals surface area (Å²) in [5.41, 5.74) is 0.718. The molecule has 0 saturated carbocycles. The number of hydrogen-bond donors (Lipinski definition) is 2. The van der Waals surface area contributed by atoms with E-state index in [1.54, 1.807) is 18.2 Å². The first-order valence-electron chi connectivity index (χ1n) is 7.41. The van der Waals surface area contributed by atoms with Gasteiger partial charge in [-0.2, -0.15) is 0 Å². The standard InChI is InChI=1S/C18H13FN2O4S/c1-24-14-7-10(8-15-16(22)21-18(20)26-15)5-6-13(14)25-17(23)11-3-2-4-12(19)9-11/h2-9H,1H3,(H2,20,21,22). The summed E-state index contributed by atoms with van der Waals surface area (Å²) >= 11 is 1.02. The highest BCUT2D eigenvalue weighted by molar-refractivity contribution is 8.18. The molecule has 1 aliphatic heterocycles. The zero-order chi connectivity index (χ0) is 18.7. The highest BCUT2D eigenvalue weighted by Gasteiger charge is 2.22. The molecule has 1 heterocycles. The van der Waals surface area contributed by atoms with Crippen LogP contribution >= 0.6 is 11.8 Å². The lowest BCUT2D eigenvalue weighted by Gasteiger charge is -2.10. The molecule has 0 radical (unpaired) electrons. The van der Waals surface area contributed by atoms with E-state index in [2.05, 4.69) is 5.32 Å². The average molecular weight is 372 g/mol. The SMILES string of the molecule is COc1cc(C=C2SC(=N)NC2=O)ccc1OC(=O)c1cccc(F)c1. The zero-order valence-corrected chi connectivity index (χ0v) is 14.4. The average Bonchev–Trinajstić information content (AvgIpc) is 2.93. The molecule has 1 fully saturated rings. The summed E-state index contributed by atoms with van der Waals surface area (Å²) in [6.45, 7) is 0. The van der Waals surface area contributed by atoms with Crippen molar-refractivity contribution in [3.05, 3.63) is 64.3 Å². The van der Waals surface area contributed by atoms with Gasteiger partial charge in [0.1, 0.15) is 5.82 Å². The number of amides is 1. The maximum Gasteiger partial charge on any atom is 0.343 e. The van der Waals surface area contributed by atoms with Crippen LogP contribution in [-0.4, -0.2) is 24.2 Å². The van der Waals surface area contributed by atoms with E-state index in [1.165, 1.54) is 31.4 Å². The molecule has 2 N–H and O–H groups in total. The summed E-state index contributed by atoms with van der Waals surface area (Å²) in [5, 5.41) is 9.89. The van der Waals surface area contributed by atoms with Crippen LogP contribution in [0.5, 0.6) is 11.5 Å². The van der Waals surface area contributed by atoms with E-state index in [0.717, 1.165) is 17.8 Å². The number of carbonyl (C=O) groups is 2. The molecule has 1 aliphatic rings. The van der Waals surface area contributed by atoms with Crippen molar-refractivity contribution >= 4 is 34.9 Å². The number of rotatable bonds is 4. The van der Waals surface area contributed by atoms with Gasteiger partial charge in [0.05, 0.1) is 17.6 Å². The Morgan fingerprint density at radius 1 is 1.23 bits per heavy atom. The summed E-state index contributed by atoms with van der Waals surface area (Å²) in [6.07, 6.45) is 1.60. The monoisotopic (exact) mass is 372 g/mol. The van der Waals surface area contributed by atoms with Crippen LogP contribution < -0.4 is 14.8 Å². The van der Waals surface area contributed by atoms with Crippen LogP contribution in [0.1, 0.15) is 15.9 Å². The molecule has 0 bridgehead atoms. The molecule has 1 saturated heterocycles. The maximum absolute atomic E-state index is 13.2. The highest BCUT2D eigenvalue weighted by Crippen LogP contribution is 2.31. The van der Waals surface area contributed by atoms with Crippen molar-refractivity contribution in [1.82, 2.24) is 5.32 Å². The molecule has 8 heteroatoms. The molecule has 2 aromatic carbocycles. The molecule has 0 aromatic heterocycles. The van der Waals surface area contributed by atoms with E-state index in [0.29, 0.717) is 10.5 Å². The van der Waals surface area contributed by atoms with Gasteiger partial charge in [-0.15, -0.1) is 0 Å². The first-order chi connectivity index (χ1) is 12.5. The minimum absolute atomic E-state index is 0.0638. The molecule has 1 amide bonds. The van der Waals surface area contributed by atoms with E-state index in [-0.39, 0.29) is 28.1 Å². The molecule has 132 valence electrons. The van der Waals surface area contributed by atoms with Crippen LogP contribution in [0.25, 0.3) is 6.08 Å². The van der Waals surface area contributed by atoms with Gasteiger partial charge in [0.15, 0.2) is 16.7 Å². The third kappa shape index (κ3) is 3.92. The summed E-state index contributed by atoms with van der Waals surface area (Å²) in [4.78, 5) is 24.2. The van der Waals surface area contributed by atoms with Gasteiger partial charge in [-0.1, -0.05) is 12.1 Å². The molecule has 0 spiro atoms. The van der Waals surface area contributed by atoms with Crippen molar-refractivity contribution in [3.8, 4) is 11.5 Å². The minimum atomic E-state index is -0.715. The van der Waals surface area contributed by atoms with Gasteiger partial charge in [0.25, 0.3) is 5.91 Å². The Hall–Kier alpha value is -3.13. The highest BCUT2D eigenvalue weighted by atomic mass is 32.2. The normalized spacial score (nSPS) is 15.1. The van der Waals surface area contributed by atoms with Crippen molar-refractivity contribution in [2.75, 3.05) is 7.11 Å². The predicted octanol–water partition coefficient (Wildman–Crippen LogP) is 3.19. The number of amidine groups is 1. The Balaban J connectivity index is 1.83. The van der Waals surface area contributed by atoms with Gasteiger partial charge >= 0.3 is 5.97 Å². The van der Waals surface area contributed by atoms with E-state index in [4.69, 9.17) is 14.9 Å². The van der Waals surface area contributed by atoms with Crippen LogP contribution in [0.3, 0.4) is 0 Å². The molecular weight excluding hydrogens is 359 g/mol. The Bertz CT molecular complexity index is 943. The third-order valence-electron chi connectivity index (χ3n) is 3.41. The van der Waals surface area contributed by atoms with Crippen molar-refractivity contribution in [1.29, 1.82) is 5.41 Å². The quantitative estimate of drug-likeness (QED) is 0.489. The maximum atomic E-state index is 13.2. The first-order valence-corrected chi connectivity index (χ1v) is 8.23. The molecule has 0 atom stereocenters. The summed E-state index contributed by atoms with van der Waals surface area (Å²) in [7, 11) is 1.42. The van der Waals surface area contributed by atoms with E-state index < -0.39 is 11.8 Å². The van der Waals surface area contributed by atoms with Crippen LogP contribution in [0.2, 0.25) is 0 Å². The number of esters is 1. The molecule has 3 rings (SSSR count). The summed E-state index contributed by atoms with van der Waals surface area (Å²) in [6, 6.07) is 9.93. The molecule has 6 nitrogen and oxygen atoms in total. The smallest absolute Gasteiger partial charge is 0.343 e. The molecule has 0 unspecified atom stereocenters. The van der Waals surface area contributed by atoms with Crippen molar-refractivity contribution in [3.63, 3.8) is 0 Å². The number of nitrogens with one attached hydrogen (secondary N) is 2. The number of ether oxygens (including phenoxy) is 2. The lowest BCUT2D eigenvalue weighted by atomic mass is 10.1. The minimum Gasteiger partial charge on any atom is -0.493 e. The Morgan fingerprint density at radius 3 is 2.69 bits per heavy atom. The van der Waals surface area contributed by atoms with Gasteiger partial charge in [0.2, 0.25) is 0 Å². The van der Waals surface area contributed by atoms with E-state index in [9.17, 15) is 14.0 Å². The Kier molecular flexibility index (Phi) is 5.04. The van der Waals surface area contributed by atoms with Gasteiger partial charge < -0.3 is 14.8 Å². The molecular formula is C18H13FN2O4S. The summed E-state index contributed by atoms with van der Waals surface area (Å²) in [5.74, 6) is -1.15. The van der Waals surface area contributed by atoms with E-state index >= 15 is 0 Å². The largest absolute Gasteiger partial charge is 0.493 e. The van der Waals surface area contributed by atoms with Gasteiger partial charge in [-0.25, -0.2) is 9.18 Å². The molecule has 0 aliphatic carbocycles. The van der Waals surface area contributed by atoms with Crippen LogP contribution in [-0.2, 0) is 4.79 Å². The third-order valence-corrected chi connectivity index (χ3v) is 4.24. The second-order valence-corrected chi connectivity index (χ2v) is 6.26. The fourth-order valence-corrected chi connectivity index (χ4v) is 2.93. The fourth-order valence-electron chi connectivity index (χ4n) is 2.23. The van der Waals surface area contributed by atoms with Crippen LogP contribution in [0.4, 0.5) is 4.39 Å². The summed E-state index contributed by atoms with van der Waals surface area (Å²) < 4.78 is 23.7. The van der Waals surface area contributed by atoms with Crippen molar-refractivity contribution in [2.45, 2.75) is 0 Å². The van der Waals surface area contributed by atoms with Gasteiger partial charge in [-0.05, 0) is 53.7 Å². The number of carbonyl (C=O) groups excluding carboxylic acids is 2. The number of hydrogen-bond acceptors (Lipinski definition) is 6. The van der Waals surface area contributed by atoms with Crippen LogP contribution in [0.15, 0.2) is 47.4 Å². The number of methoxy groups -OCH3 is 1. The topological polar surface area (TPSA) is 88.5 Å². The lowest BCUT2D eigenvalue weighted by Crippen LogP contribution is -2.18. The number of benzene rings is 2. The van der Waals surface area contributed by atoms with Crippen molar-refractivity contribution in [2.24, 2.45) is 0 Å². The Labute approximate surface area is 152 Å². The Morgan fingerprint density at radius 2 is 2.04 bits per heavy atom. The predicted molar refractivity (Wildman–Crippen MR) is 95.8 cm³/mol. The first kappa shape index (κ1) is 17.7. The van der Waals surface area contributed by atoms with Gasteiger partial charge in [-0.3, -0.25) is 10.2 Å². The number of halogens is 1.